The van der Waals surface area contributed by atoms with Gasteiger partial charge in [0, 0.05) is 6.61 Å². The molecule has 0 radical (unpaired) electrons. The molecule has 1 atom stereocenters. The molecule has 0 spiro atoms. The third-order valence-electron chi connectivity index (χ3n) is 2.79. The van der Waals surface area contributed by atoms with Crippen molar-refractivity contribution >= 4 is 0 Å². The van der Waals surface area contributed by atoms with Crippen LogP contribution in [0.15, 0.2) is 30.3 Å². The third-order valence-corrected chi connectivity index (χ3v) is 2.79. The van der Waals surface area contributed by atoms with Gasteiger partial charge in [-0.1, -0.05) is 50.6 Å². The van der Waals surface area contributed by atoms with Gasteiger partial charge in [0.05, 0.1) is 6.61 Å². The van der Waals surface area contributed by atoms with Gasteiger partial charge in [-0.2, -0.15) is 0 Å². The molecule has 0 saturated carbocycles. The van der Waals surface area contributed by atoms with Gasteiger partial charge in [-0.05, 0) is 24.3 Å². The predicted octanol–water partition coefficient (Wildman–Crippen LogP) is 4.03. The smallest absolute Gasteiger partial charge is 0.0716 e. The summed E-state index contributed by atoms with van der Waals surface area (Å²) in [6.07, 6.45) is 3.74. The van der Waals surface area contributed by atoms with Crippen LogP contribution in [-0.2, 0) is 11.3 Å². The minimum atomic E-state index is 0.751. The number of ether oxygens (including phenoxy) is 1. The van der Waals surface area contributed by atoms with Crippen molar-refractivity contribution in [1.82, 2.24) is 0 Å². The van der Waals surface area contributed by atoms with E-state index in [1.54, 1.807) is 0 Å². The highest BCUT2D eigenvalue weighted by atomic mass is 16.5. The molecular formula is C14H22O. The Morgan fingerprint density at radius 1 is 1.20 bits per heavy atom. The zero-order valence-electron chi connectivity index (χ0n) is 9.91. The highest BCUT2D eigenvalue weighted by Crippen LogP contribution is 2.09. The molecule has 1 aromatic rings. The number of hydrogen-bond acceptors (Lipinski definition) is 1. The van der Waals surface area contributed by atoms with E-state index in [2.05, 4.69) is 38.1 Å². The summed E-state index contributed by atoms with van der Waals surface area (Å²) in [4.78, 5) is 0. The van der Waals surface area contributed by atoms with Crippen LogP contribution in [0.2, 0.25) is 0 Å². The van der Waals surface area contributed by atoms with Gasteiger partial charge >= 0.3 is 0 Å². The lowest BCUT2D eigenvalue weighted by molar-refractivity contribution is 0.114. The fourth-order valence-corrected chi connectivity index (χ4v) is 1.50. The van der Waals surface area contributed by atoms with Gasteiger partial charge in [0.1, 0.15) is 0 Å². The Labute approximate surface area is 93.5 Å². The average molecular weight is 206 g/mol. The largest absolute Gasteiger partial charge is 0.377 e. The first-order valence-corrected chi connectivity index (χ1v) is 5.94. The molecule has 1 rings (SSSR count). The van der Waals surface area contributed by atoms with Gasteiger partial charge in [0.2, 0.25) is 0 Å². The Bertz CT molecular complexity index is 243. The number of hydrogen-bond donors (Lipinski definition) is 0. The molecule has 0 amide bonds. The SMILES string of the molecule is CCC(C)CCCOCc1ccccc1. The lowest BCUT2D eigenvalue weighted by atomic mass is 10.0. The van der Waals surface area contributed by atoms with Gasteiger partial charge in [-0.15, -0.1) is 0 Å². The minimum absolute atomic E-state index is 0.751. The highest BCUT2D eigenvalue weighted by Gasteiger charge is 1.98. The Balaban J connectivity index is 2.03. The van der Waals surface area contributed by atoms with Crippen molar-refractivity contribution in [1.29, 1.82) is 0 Å². The zero-order chi connectivity index (χ0) is 10.9. The Kier molecular flexibility index (Phi) is 6.10. The first-order valence-electron chi connectivity index (χ1n) is 5.94. The molecule has 1 nitrogen and oxygen atoms in total. The van der Waals surface area contributed by atoms with E-state index in [0.29, 0.717) is 0 Å². The number of benzene rings is 1. The van der Waals surface area contributed by atoms with E-state index in [0.717, 1.165) is 19.1 Å². The van der Waals surface area contributed by atoms with E-state index in [1.165, 1.54) is 24.8 Å². The lowest BCUT2D eigenvalue weighted by Crippen LogP contribution is -1.99. The summed E-state index contributed by atoms with van der Waals surface area (Å²) in [7, 11) is 0. The van der Waals surface area contributed by atoms with Gasteiger partial charge in [-0.3, -0.25) is 0 Å². The molecule has 0 bridgehead atoms. The maximum atomic E-state index is 5.61. The summed E-state index contributed by atoms with van der Waals surface area (Å²) in [6, 6.07) is 10.4. The maximum absolute atomic E-state index is 5.61. The first kappa shape index (κ1) is 12.3. The zero-order valence-corrected chi connectivity index (χ0v) is 9.91. The Morgan fingerprint density at radius 3 is 2.60 bits per heavy atom. The summed E-state index contributed by atoms with van der Waals surface area (Å²) < 4.78 is 5.61. The van der Waals surface area contributed by atoms with Crippen LogP contribution in [0.5, 0.6) is 0 Å². The third kappa shape index (κ3) is 5.58. The van der Waals surface area contributed by atoms with Crippen molar-refractivity contribution in [3.8, 4) is 0 Å². The molecule has 15 heavy (non-hydrogen) atoms. The van der Waals surface area contributed by atoms with Gasteiger partial charge in [0.25, 0.3) is 0 Å². The molecule has 84 valence electrons. The Morgan fingerprint density at radius 2 is 1.93 bits per heavy atom. The van der Waals surface area contributed by atoms with Crippen molar-refractivity contribution in [3.63, 3.8) is 0 Å². The van der Waals surface area contributed by atoms with Crippen molar-refractivity contribution in [3.05, 3.63) is 35.9 Å². The van der Waals surface area contributed by atoms with Crippen molar-refractivity contribution in [2.75, 3.05) is 6.61 Å². The van der Waals surface area contributed by atoms with Gasteiger partial charge in [0.15, 0.2) is 0 Å². The molecule has 0 N–H and O–H groups in total. The predicted molar refractivity (Wildman–Crippen MR) is 64.8 cm³/mol. The maximum Gasteiger partial charge on any atom is 0.0716 e. The van der Waals surface area contributed by atoms with Crippen LogP contribution >= 0.6 is 0 Å². The topological polar surface area (TPSA) is 9.23 Å². The van der Waals surface area contributed by atoms with Crippen LogP contribution < -0.4 is 0 Å². The second-order valence-corrected chi connectivity index (χ2v) is 4.19. The summed E-state index contributed by atoms with van der Waals surface area (Å²) in [5, 5.41) is 0. The molecule has 1 unspecified atom stereocenters. The van der Waals surface area contributed by atoms with E-state index in [9.17, 15) is 0 Å². The second-order valence-electron chi connectivity index (χ2n) is 4.19. The summed E-state index contributed by atoms with van der Waals surface area (Å²) in [6.45, 7) is 6.19. The lowest BCUT2D eigenvalue weighted by Gasteiger charge is -2.08. The molecule has 0 aromatic heterocycles. The van der Waals surface area contributed by atoms with Crippen LogP contribution in [0, 0.1) is 5.92 Å². The monoisotopic (exact) mass is 206 g/mol. The van der Waals surface area contributed by atoms with Crippen LogP contribution in [0.25, 0.3) is 0 Å². The Hall–Kier alpha value is -0.820. The van der Waals surface area contributed by atoms with Crippen LogP contribution in [0.1, 0.15) is 38.7 Å². The summed E-state index contributed by atoms with van der Waals surface area (Å²) >= 11 is 0. The molecule has 0 fully saturated rings. The summed E-state index contributed by atoms with van der Waals surface area (Å²) in [5.41, 5.74) is 1.26. The van der Waals surface area contributed by atoms with Crippen molar-refractivity contribution in [2.24, 2.45) is 5.92 Å². The minimum Gasteiger partial charge on any atom is -0.377 e. The van der Waals surface area contributed by atoms with Crippen molar-refractivity contribution in [2.45, 2.75) is 39.7 Å². The average Bonchev–Trinajstić information content (AvgIpc) is 2.29. The second kappa shape index (κ2) is 7.47. The van der Waals surface area contributed by atoms with Crippen LogP contribution in [0.4, 0.5) is 0 Å². The highest BCUT2D eigenvalue weighted by molar-refractivity contribution is 5.13. The van der Waals surface area contributed by atoms with Crippen LogP contribution in [0.3, 0.4) is 0 Å². The standard InChI is InChI=1S/C14H22O/c1-3-13(2)8-7-11-15-12-14-9-5-4-6-10-14/h4-6,9-10,13H,3,7-8,11-12H2,1-2H3. The van der Waals surface area contributed by atoms with E-state index in [4.69, 9.17) is 4.74 Å². The number of rotatable bonds is 7. The molecule has 1 aromatic carbocycles. The molecule has 0 saturated heterocycles. The molecule has 0 heterocycles. The van der Waals surface area contributed by atoms with E-state index in [1.807, 2.05) is 6.07 Å². The van der Waals surface area contributed by atoms with E-state index >= 15 is 0 Å². The molecular weight excluding hydrogens is 184 g/mol. The van der Waals surface area contributed by atoms with Gasteiger partial charge in [-0.25, -0.2) is 0 Å². The molecule has 0 aliphatic rings. The van der Waals surface area contributed by atoms with E-state index < -0.39 is 0 Å². The first-order chi connectivity index (χ1) is 7.33. The van der Waals surface area contributed by atoms with E-state index in [-0.39, 0.29) is 0 Å². The fourth-order valence-electron chi connectivity index (χ4n) is 1.50. The van der Waals surface area contributed by atoms with Crippen molar-refractivity contribution < 1.29 is 4.74 Å². The normalized spacial score (nSPS) is 12.7. The van der Waals surface area contributed by atoms with Gasteiger partial charge < -0.3 is 4.74 Å². The molecule has 0 aliphatic heterocycles. The van der Waals surface area contributed by atoms with Crippen LogP contribution in [-0.4, -0.2) is 6.61 Å². The molecule has 1 heteroatoms. The summed E-state index contributed by atoms with van der Waals surface area (Å²) in [5.74, 6) is 0.838. The fraction of sp³-hybridized carbons (Fsp3) is 0.571. The quantitative estimate of drug-likeness (QED) is 0.612. The molecule has 0 aliphatic carbocycles.